The molecule has 5 nitrogen and oxygen atoms in total. The van der Waals surface area contributed by atoms with Crippen LogP contribution in [0.2, 0.25) is 0 Å². The average Bonchev–Trinajstić information content (AvgIpc) is 2.39. The van der Waals surface area contributed by atoms with Crippen LogP contribution in [0.15, 0.2) is 0 Å². The van der Waals surface area contributed by atoms with E-state index in [0.29, 0.717) is 11.7 Å². The topological polar surface area (TPSA) is 67.0 Å². The van der Waals surface area contributed by atoms with E-state index in [1.54, 1.807) is 11.9 Å². The summed E-state index contributed by atoms with van der Waals surface area (Å²) in [4.78, 5) is 1.76. The standard InChI is InChI=1S/C12H20F3N2O3S/c1-4-17(3)11(16-2)21-9-5-7(18)10(19)8(20-9)6-12(13,14)15/h7-10,18-19H,2,4-6H2,1,3H3/q+1. The van der Waals surface area contributed by atoms with Crippen LogP contribution in [0.25, 0.3) is 0 Å². The molecular formula is C12H20F3N2O3S+. The number of alkyl halides is 3. The molecule has 9 heteroatoms. The molecule has 0 amide bonds. The Hall–Kier alpha value is -0.730. The molecule has 0 aromatic rings. The first kappa shape index (κ1) is 18.3. The van der Waals surface area contributed by atoms with Gasteiger partial charge in [0, 0.05) is 18.2 Å². The summed E-state index contributed by atoms with van der Waals surface area (Å²) in [5, 5.41) is 19.8. The first-order chi connectivity index (χ1) is 9.67. The molecule has 1 heterocycles. The highest BCUT2D eigenvalue weighted by atomic mass is 32.2. The van der Waals surface area contributed by atoms with Gasteiger partial charge >= 0.3 is 11.3 Å². The second-order valence-corrected chi connectivity index (χ2v) is 5.92. The molecule has 4 atom stereocenters. The number of hydrogen-bond donors (Lipinski definition) is 2. The monoisotopic (exact) mass is 329 g/mol. The number of ether oxygens (including phenoxy) is 1. The van der Waals surface area contributed by atoms with Gasteiger partial charge < -0.3 is 14.9 Å². The van der Waals surface area contributed by atoms with Crippen molar-refractivity contribution in [1.82, 2.24) is 9.57 Å². The summed E-state index contributed by atoms with van der Waals surface area (Å²) < 4.78 is 46.4. The Morgan fingerprint density at radius 3 is 2.57 bits per heavy atom. The molecule has 0 spiro atoms. The summed E-state index contributed by atoms with van der Waals surface area (Å²) in [5.74, 6) is 0. The lowest BCUT2D eigenvalue weighted by Gasteiger charge is -2.36. The minimum Gasteiger partial charge on any atom is -0.390 e. The van der Waals surface area contributed by atoms with E-state index in [1.165, 1.54) is 0 Å². The third kappa shape index (κ3) is 5.52. The van der Waals surface area contributed by atoms with Gasteiger partial charge in [-0.2, -0.15) is 13.2 Å². The van der Waals surface area contributed by atoms with Gasteiger partial charge in [0.25, 0.3) is 0 Å². The summed E-state index contributed by atoms with van der Waals surface area (Å²) in [6.45, 7) is 5.94. The van der Waals surface area contributed by atoms with Crippen LogP contribution in [-0.4, -0.2) is 70.5 Å². The largest absolute Gasteiger partial charge is 0.407 e. The summed E-state index contributed by atoms with van der Waals surface area (Å²) in [7, 11) is 1.76. The molecule has 1 rings (SSSR count). The molecule has 0 radical (unpaired) electrons. The maximum atomic E-state index is 12.5. The fourth-order valence-corrected chi connectivity index (χ4v) is 3.00. The van der Waals surface area contributed by atoms with Crippen molar-refractivity contribution in [1.29, 1.82) is 0 Å². The second kappa shape index (κ2) is 7.51. The predicted molar refractivity (Wildman–Crippen MR) is 76.1 cm³/mol. The van der Waals surface area contributed by atoms with E-state index in [2.05, 4.69) is 11.4 Å². The molecule has 0 aromatic carbocycles. The number of amidine groups is 1. The van der Waals surface area contributed by atoms with Crippen LogP contribution in [-0.2, 0) is 4.74 Å². The molecular weight excluding hydrogens is 309 g/mol. The Labute approximate surface area is 125 Å². The van der Waals surface area contributed by atoms with Crippen molar-refractivity contribution in [3.63, 3.8) is 0 Å². The number of halogens is 3. The summed E-state index contributed by atoms with van der Waals surface area (Å²) in [5.41, 5.74) is -0.717. The molecule has 2 N–H and O–H groups in total. The van der Waals surface area contributed by atoms with Crippen molar-refractivity contribution in [2.24, 2.45) is 0 Å². The molecule has 0 aromatic heterocycles. The molecule has 1 aliphatic rings. The van der Waals surface area contributed by atoms with Gasteiger partial charge in [-0.3, -0.25) is 0 Å². The Balaban J connectivity index is 2.74. The molecule has 122 valence electrons. The van der Waals surface area contributed by atoms with E-state index in [1.807, 2.05) is 6.92 Å². The first-order valence-electron chi connectivity index (χ1n) is 6.47. The zero-order valence-electron chi connectivity index (χ0n) is 11.9. The van der Waals surface area contributed by atoms with E-state index in [9.17, 15) is 23.4 Å². The quantitative estimate of drug-likeness (QED) is 0.451. The molecule has 0 saturated carbocycles. The maximum absolute atomic E-state index is 12.5. The SMILES string of the molecule is C=[N+]=C(SC1CC(O)C(O)C(CC(F)(F)F)O1)N(C)CC. The van der Waals surface area contributed by atoms with Gasteiger partial charge in [-0.15, -0.1) is 0 Å². The van der Waals surface area contributed by atoms with Gasteiger partial charge in [-0.1, -0.05) is 0 Å². The zero-order chi connectivity index (χ0) is 16.2. The summed E-state index contributed by atoms with van der Waals surface area (Å²) in [6.07, 6.45) is -10.0. The normalized spacial score (nSPS) is 29.9. The van der Waals surface area contributed by atoms with Gasteiger partial charge in [0.2, 0.25) is 0 Å². The highest BCUT2D eigenvalue weighted by Gasteiger charge is 2.44. The molecule has 1 fully saturated rings. The van der Waals surface area contributed by atoms with E-state index >= 15 is 0 Å². The van der Waals surface area contributed by atoms with Crippen molar-refractivity contribution >= 4 is 23.6 Å². The molecule has 21 heavy (non-hydrogen) atoms. The lowest BCUT2D eigenvalue weighted by atomic mass is 10.00. The maximum Gasteiger partial charge on any atom is 0.407 e. The molecule has 4 unspecified atom stereocenters. The Morgan fingerprint density at radius 1 is 1.48 bits per heavy atom. The fourth-order valence-electron chi connectivity index (χ4n) is 1.89. The van der Waals surface area contributed by atoms with Crippen LogP contribution in [0, 0.1) is 0 Å². The highest BCUT2D eigenvalue weighted by molar-refractivity contribution is 8.14. The smallest absolute Gasteiger partial charge is 0.390 e. The zero-order valence-corrected chi connectivity index (χ0v) is 12.7. The predicted octanol–water partition coefficient (Wildman–Crippen LogP) is 0.584. The van der Waals surface area contributed by atoms with Crippen molar-refractivity contribution in [2.75, 3.05) is 13.6 Å². The number of rotatable bonds is 3. The van der Waals surface area contributed by atoms with E-state index in [-0.39, 0.29) is 6.42 Å². The van der Waals surface area contributed by atoms with Crippen molar-refractivity contribution in [2.45, 2.75) is 49.7 Å². The summed E-state index contributed by atoms with van der Waals surface area (Å²) in [6, 6.07) is 0. The van der Waals surface area contributed by atoms with Gasteiger partial charge in [-0.25, -0.2) is 9.57 Å². The Kier molecular flexibility index (Phi) is 6.55. The van der Waals surface area contributed by atoms with Crippen LogP contribution in [0.1, 0.15) is 19.8 Å². The Morgan fingerprint density at radius 2 is 2.10 bits per heavy atom. The third-order valence-electron chi connectivity index (χ3n) is 3.14. The minimum absolute atomic E-state index is 0.0246. The molecule has 0 bridgehead atoms. The van der Waals surface area contributed by atoms with E-state index in [4.69, 9.17) is 4.74 Å². The number of aliphatic hydroxyl groups excluding tert-OH is 2. The van der Waals surface area contributed by atoms with E-state index < -0.39 is 36.3 Å². The summed E-state index contributed by atoms with van der Waals surface area (Å²) >= 11 is 1.09. The minimum atomic E-state index is -4.47. The highest BCUT2D eigenvalue weighted by Crippen LogP contribution is 2.34. The van der Waals surface area contributed by atoms with Crippen molar-refractivity contribution in [3.05, 3.63) is 0 Å². The van der Waals surface area contributed by atoms with Crippen LogP contribution >= 0.6 is 11.8 Å². The number of thioether (sulfide) groups is 1. The van der Waals surface area contributed by atoms with Crippen molar-refractivity contribution in [3.8, 4) is 0 Å². The van der Waals surface area contributed by atoms with Crippen molar-refractivity contribution < 1.29 is 28.1 Å². The van der Waals surface area contributed by atoms with Crippen LogP contribution in [0.3, 0.4) is 0 Å². The van der Waals surface area contributed by atoms with Gasteiger partial charge in [0.05, 0.1) is 32.2 Å². The number of aliphatic hydroxyl groups is 2. The lowest BCUT2D eigenvalue weighted by molar-refractivity contribution is -0.206. The van der Waals surface area contributed by atoms with Crippen LogP contribution in [0.5, 0.6) is 0 Å². The van der Waals surface area contributed by atoms with E-state index in [0.717, 1.165) is 11.8 Å². The fraction of sp³-hybridized carbons (Fsp3) is 0.833. The third-order valence-corrected chi connectivity index (χ3v) is 4.36. The first-order valence-corrected chi connectivity index (χ1v) is 7.35. The van der Waals surface area contributed by atoms with Gasteiger partial charge in [0.1, 0.15) is 11.5 Å². The Bertz CT molecular complexity index is 402. The second-order valence-electron chi connectivity index (χ2n) is 4.79. The molecule has 0 aliphatic carbocycles. The van der Waals surface area contributed by atoms with Gasteiger partial charge in [-0.05, 0) is 6.92 Å². The molecule has 1 saturated heterocycles. The molecule has 1 aliphatic heterocycles. The number of nitrogens with zero attached hydrogens (tertiary/aromatic N) is 2. The number of hydrogen-bond acceptors (Lipinski definition) is 4. The lowest BCUT2D eigenvalue weighted by Crippen LogP contribution is -2.49. The average molecular weight is 329 g/mol. The van der Waals surface area contributed by atoms with Gasteiger partial charge in [0.15, 0.2) is 6.72 Å². The van der Waals surface area contributed by atoms with Crippen LogP contribution < -0.4 is 4.67 Å². The van der Waals surface area contributed by atoms with Crippen LogP contribution in [0.4, 0.5) is 13.2 Å².